The van der Waals surface area contributed by atoms with E-state index in [2.05, 4.69) is 38.1 Å². The number of ether oxygens (including phenoxy) is 1. The van der Waals surface area contributed by atoms with Gasteiger partial charge in [-0.3, -0.25) is 0 Å². The third kappa shape index (κ3) is 4.39. The van der Waals surface area contributed by atoms with Gasteiger partial charge in [0.15, 0.2) is 0 Å². The first-order chi connectivity index (χ1) is 9.65. The lowest BCUT2D eigenvalue weighted by Gasteiger charge is -2.15. The van der Waals surface area contributed by atoms with Gasteiger partial charge in [-0.1, -0.05) is 56.3 Å². The van der Waals surface area contributed by atoms with Crippen molar-refractivity contribution in [3.63, 3.8) is 0 Å². The maximum absolute atomic E-state index is 6.22. The van der Waals surface area contributed by atoms with E-state index >= 15 is 0 Å². The van der Waals surface area contributed by atoms with Gasteiger partial charge in [-0.05, 0) is 35.6 Å². The van der Waals surface area contributed by atoms with Crippen molar-refractivity contribution < 1.29 is 4.74 Å². The summed E-state index contributed by atoms with van der Waals surface area (Å²) in [5, 5.41) is 0. The average molecular weight is 269 g/mol. The Morgan fingerprint density at radius 2 is 1.75 bits per heavy atom. The first-order valence-corrected chi connectivity index (χ1v) is 7.17. The van der Waals surface area contributed by atoms with E-state index in [-0.39, 0.29) is 6.04 Å². The minimum atomic E-state index is -0.0951. The van der Waals surface area contributed by atoms with E-state index in [4.69, 9.17) is 10.5 Å². The summed E-state index contributed by atoms with van der Waals surface area (Å²) >= 11 is 0. The van der Waals surface area contributed by atoms with Crippen molar-refractivity contribution in [1.29, 1.82) is 0 Å². The number of nitrogens with two attached hydrogens (primary N) is 1. The Hall–Kier alpha value is -1.80. The van der Waals surface area contributed by atoms with Crippen LogP contribution < -0.4 is 10.5 Å². The second kappa shape index (κ2) is 7.11. The maximum Gasteiger partial charge on any atom is 0.119 e. The second-order valence-electron chi connectivity index (χ2n) is 5.57. The van der Waals surface area contributed by atoms with Gasteiger partial charge in [0.25, 0.3) is 0 Å². The summed E-state index contributed by atoms with van der Waals surface area (Å²) < 4.78 is 5.72. The zero-order chi connectivity index (χ0) is 14.4. The molecule has 1 atom stereocenters. The van der Waals surface area contributed by atoms with Crippen molar-refractivity contribution in [1.82, 2.24) is 0 Å². The van der Waals surface area contributed by atoms with E-state index in [0.29, 0.717) is 12.5 Å². The highest BCUT2D eigenvalue weighted by molar-refractivity contribution is 5.27. The van der Waals surface area contributed by atoms with Crippen LogP contribution in [0.5, 0.6) is 5.75 Å². The molecule has 0 saturated carbocycles. The highest BCUT2D eigenvalue weighted by atomic mass is 16.5. The average Bonchev–Trinajstić information content (AvgIpc) is 2.45. The number of benzene rings is 2. The highest BCUT2D eigenvalue weighted by Crippen LogP contribution is 2.17. The summed E-state index contributed by atoms with van der Waals surface area (Å²) in [6.07, 6.45) is 1.08. The normalized spacial score (nSPS) is 12.4. The monoisotopic (exact) mass is 269 g/mol. The molecule has 0 aliphatic rings. The minimum absolute atomic E-state index is 0.0951. The van der Waals surface area contributed by atoms with E-state index in [1.807, 2.05) is 30.3 Å². The van der Waals surface area contributed by atoms with E-state index in [1.54, 1.807) is 0 Å². The second-order valence-corrected chi connectivity index (χ2v) is 5.57. The highest BCUT2D eigenvalue weighted by Gasteiger charge is 2.08. The number of para-hydroxylation sites is 1. The third-order valence-electron chi connectivity index (χ3n) is 3.20. The Morgan fingerprint density at radius 3 is 2.45 bits per heavy atom. The predicted molar refractivity (Wildman–Crippen MR) is 83.8 cm³/mol. The largest absolute Gasteiger partial charge is 0.492 e. The summed E-state index contributed by atoms with van der Waals surface area (Å²) in [5.74, 6) is 1.52. The van der Waals surface area contributed by atoms with Gasteiger partial charge in [0.05, 0.1) is 6.04 Å². The molecule has 2 aromatic carbocycles. The zero-order valence-electron chi connectivity index (χ0n) is 12.3. The maximum atomic E-state index is 6.22. The summed E-state index contributed by atoms with van der Waals surface area (Å²) in [6, 6.07) is 18.2. The predicted octanol–water partition coefficient (Wildman–Crippen LogP) is 3.96. The fourth-order valence-corrected chi connectivity index (χ4v) is 2.22. The number of rotatable bonds is 6. The molecule has 2 aromatic rings. The molecular formula is C18H23NO. The van der Waals surface area contributed by atoms with Crippen molar-refractivity contribution in [2.24, 2.45) is 11.7 Å². The number of hydrogen-bond donors (Lipinski definition) is 1. The van der Waals surface area contributed by atoms with E-state index in [9.17, 15) is 0 Å². The SMILES string of the molecule is CC(C)Cc1cccc(C(N)COc2ccccc2)c1. The molecule has 106 valence electrons. The lowest BCUT2D eigenvalue weighted by Crippen LogP contribution is -2.19. The summed E-state index contributed by atoms with van der Waals surface area (Å²) in [7, 11) is 0. The lowest BCUT2D eigenvalue weighted by atomic mass is 9.99. The molecule has 2 nitrogen and oxygen atoms in total. The van der Waals surface area contributed by atoms with Gasteiger partial charge in [-0.15, -0.1) is 0 Å². The molecule has 0 spiro atoms. The van der Waals surface area contributed by atoms with Crippen LogP contribution in [0.2, 0.25) is 0 Å². The van der Waals surface area contributed by atoms with E-state index < -0.39 is 0 Å². The van der Waals surface area contributed by atoms with Crippen LogP contribution in [0.15, 0.2) is 54.6 Å². The van der Waals surface area contributed by atoms with Gasteiger partial charge < -0.3 is 10.5 Å². The van der Waals surface area contributed by atoms with Crippen LogP contribution in [0.25, 0.3) is 0 Å². The van der Waals surface area contributed by atoms with Gasteiger partial charge in [0.2, 0.25) is 0 Å². The quantitative estimate of drug-likeness (QED) is 0.861. The molecule has 0 bridgehead atoms. The van der Waals surface area contributed by atoms with Gasteiger partial charge in [-0.2, -0.15) is 0 Å². The minimum Gasteiger partial charge on any atom is -0.492 e. The van der Waals surface area contributed by atoms with Gasteiger partial charge in [0.1, 0.15) is 12.4 Å². The fraction of sp³-hybridized carbons (Fsp3) is 0.333. The van der Waals surface area contributed by atoms with Gasteiger partial charge >= 0.3 is 0 Å². The van der Waals surface area contributed by atoms with Crippen LogP contribution in [0.3, 0.4) is 0 Å². The Labute approximate surface area is 121 Å². The molecule has 2 rings (SSSR count). The molecule has 0 heterocycles. The Bertz CT molecular complexity index is 522. The van der Waals surface area contributed by atoms with Crippen LogP contribution >= 0.6 is 0 Å². The number of hydrogen-bond acceptors (Lipinski definition) is 2. The van der Waals surface area contributed by atoms with Crippen LogP contribution in [-0.2, 0) is 6.42 Å². The van der Waals surface area contributed by atoms with Crippen LogP contribution in [-0.4, -0.2) is 6.61 Å². The summed E-state index contributed by atoms with van der Waals surface area (Å²) in [4.78, 5) is 0. The lowest BCUT2D eigenvalue weighted by molar-refractivity contribution is 0.290. The van der Waals surface area contributed by atoms with Crippen molar-refractivity contribution >= 4 is 0 Å². The van der Waals surface area contributed by atoms with E-state index in [1.165, 1.54) is 5.56 Å². The van der Waals surface area contributed by atoms with Crippen molar-refractivity contribution in [3.05, 3.63) is 65.7 Å². The van der Waals surface area contributed by atoms with Crippen LogP contribution in [0, 0.1) is 5.92 Å². The topological polar surface area (TPSA) is 35.2 Å². The molecule has 0 aromatic heterocycles. The van der Waals surface area contributed by atoms with Gasteiger partial charge in [-0.25, -0.2) is 0 Å². The molecule has 0 aliphatic heterocycles. The zero-order valence-corrected chi connectivity index (χ0v) is 12.3. The molecule has 20 heavy (non-hydrogen) atoms. The molecule has 0 saturated heterocycles. The fourth-order valence-electron chi connectivity index (χ4n) is 2.22. The molecule has 1 unspecified atom stereocenters. The van der Waals surface area contributed by atoms with Crippen molar-refractivity contribution in [2.45, 2.75) is 26.3 Å². The molecule has 0 radical (unpaired) electrons. The molecule has 0 fully saturated rings. The van der Waals surface area contributed by atoms with Crippen molar-refractivity contribution in [3.8, 4) is 5.75 Å². The Kier molecular flexibility index (Phi) is 5.19. The molecule has 2 N–H and O–H groups in total. The summed E-state index contributed by atoms with van der Waals surface area (Å²) in [5.41, 5.74) is 8.70. The molecular weight excluding hydrogens is 246 g/mol. The third-order valence-corrected chi connectivity index (χ3v) is 3.20. The first kappa shape index (κ1) is 14.6. The van der Waals surface area contributed by atoms with Crippen LogP contribution in [0.1, 0.15) is 31.0 Å². The van der Waals surface area contributed by atoms with Crippen molar-refractivity contribution in [2.75, 3.05) is 6.61 Å². The Morgan fingerprint density at radius 1 is 1.00 bits per heavy atom. The smallest absolute Gasteiger partial charge is 0.119 e. The molecule has 2 heteroatoms. The Balaban J connectivity index is 1.96. The standard InChI is InChI=1S/C18H23NO/c1-14(2)11-15-7-6-8-16(12-15)18(19)13-20-17-9-4-3-5-10-17/h3-10,12,14,18H,11,13,19H2,1-2H3. The van der Waals surface area contributed by atoms with Gasteiger partial charge in [0, 0.05) is 0 Å². The first-order valence-electron chi connectivity index (χ1n) is 7.17. The van der Waals surface area contributed by atoms with E-state index in [0.717, 1.165) is 17.7 Å². The molecule has 0 amide bonds. The van der Waals surface area contributed by atoms with Crippen LogP contribution in [0.4, 0.5) is 0 Å². The molecule has 0 aliphatic carbocycles. The summed E-state index contributed by atoms with van der Waals surface area (Å²) in [6.45, 7) is 4.95.